The van der Waals surface area contributed by atoms with Crippen LogP contribution in [0.15, 0.2) is 0 Å². The zero-order chi connectivity index (χ0) is 11.4. The maximum Gasteiger partial charge on any atom is 0.362 e. The fourth-order valence-electron chi connectivity index (χ4n) is 0.496. The van der Waals surface area contributed by atoms with Crippen molar-refractivity contribution in [2.24, 2.45) is 11.8 Å². The molecular formula is C8H17NO4S. The van der Waals surface area contributed by atoms with Crippen LogP contribution in [0.3, 0.4) is 0 Å². The lowest BCUT2D eigenvalue weighted by molar-refractivity contribution is -0.122. The Labute approximate surface area is 85.1 Å². The number of rotatable bonds is 5. The Hall–Kier alpha value is -0.620. The summed E-state index contributed by atoms with van der Waals surface area (Å²) in [7, 11) is -3.92. The van der Waals surface area contributed by atoms with E-state index in [0.717, 1.165) is 0 Å². The molecule has 0 aliphatic carbocycles. The summed E-state index contributed by atoms with van der Waals surface area (Å²) in [6, 6.07) is 0. The van der Waals surface area contributed by atoms with Crippen molar-refractivity contribution in [3.63, 3.8) is 0 Å². The molecule has 0 aromatic rings. The van der Waals surface area contributed by atoms with Crippen LogP contribution < -0.4 is 4.72 Å². The topological polar surface area (TPSA) is 72.5 Å². The molecule has 0 atom stereocenters. The first kappa shape index (κ1) is 13.4. The molecule has 1 amide bonds. The zero-order valence-corrected chi connectivity index (χ0v) is 9.72. The van der Waals surface area contributed by atoms with E-state index in [1.807, 2.05) is 18.6 Å². The summed E-state index contributed by atoms with van der Waals surface area (Å²) in [5.41, 5.74) is 0. The number of carbonyl (C=O) groups excluding carboxylic acids is 1. The first-order chi connectivity index (χ1) is 6.24. The van der Waals surface area contributed by atoms with E-state index in [9.17, 15) is 13.2 Å². The van der Waals surface area contributed by atoms with Gasteiger partial charge in [-0.25, -0.2) is 4.72 Å². The summed E-state index contributed by atoms with van der Waals surface area (Å²) in [6.45, 7) is 6.92. The van der Waals surface area contributed by atoms with Gasteiger partial charge in [-0.05, 0) is 5.92 Å². The molecule has 0 heterocycles. The Morgan fingerprint density at radius 3 is 2.14 bits per heavy atom. The molecule has 0 fully saturated rings. The molecule has 5 nitrogen and oxygen atoms in total. The number of amides is 1. The number of hydrogen-bond acceptors (Lipinski definition) is 4. The average molecular weight is 223 g/mol. The van der Waals surface area contributed by atoms with Crippen LogP contribution in [0.5, 0.6) is 0 Å². The lowest BCUT2D eigenvalue weighted by Gasteiger charge is -2.09. The van der Waals surface area contributed by atoms with Gasteiger partial charge >= 0.3 is 10.3 Å². The molecule has 0 saturated carbocycles. The van der Waals surface area contributed by atoms with Crippen molar-refractivity contribution < 1.29 is 17.4 Å². The van der Waals surface area contributed by atoms with E-state index in [-0.39, 0.29) is 18.4 Å². The predicted octanol–water partition coefficient (Wildman–Crippen LogP) is 0.676. The second-order valence-electron chi connectivity index (χ2n) is 3.75. The van der Waals surface area contributed by atoms with Crippen molar-refractivity contribution >= 4 is 16.2 Å². The van der Waals surface area contributed by atoms with E-state index < -0.39 is 16.2 Å². The van der Waals surface area contributed by atoms with Crippen LogP contribution >= 0.6 is 0 Å². The van der Waals surface area contributed by atoms with Gasteiger partial charge in [0.2, 0.25) is 5.91 Å². The van der Waals surface area contributed by atoms with Crippen molar-refractivity contribution in [2.75, 3.05) is 6.61 Å². The fourth-order valence-corrected chi connectivity index (χ4v) is 1.49. The van der Waals surface area contributed by atoms with E-state index >= 15 is 0 Å². The van der Waals surface area contributed by atoms with Gasteiger partial charge in [0.05, 0.1) is 6.61 Å². The van der Waals surface area contributed by atoms with E-state index in [2.05, 4.69) is 4.18 Å². The van der Waals surface area contributed by atoms with Gasteiger partial charge in [-0.1, -0.05) is 27.7 Å². The molecule has 0 aromatic heterocycles. The van der Waals surface area contributed by atoms with E-state index in [1.54, 1.807) is 13.8 Å². The highest BCUT2D eigenvalue weighted by Crippen LogP contribution is 1.99. The van der Waals surface area contributed by atoms with Crippen molar-refractivity contribution in [3.05, 3.63) is 0 Å². The van der Waals surface area contributed by atoms with Crippen LogP contribution in [0, 0.1) is 11.8 Å². The summed E-state index contributed by atoms with van der Waals surface area (Å²) in [4.78, 5) is 11.0. The van der Waals surface area contributed by atoms with Gasteiger partial charge < -0.3 is 0 Å². The minimum atomic E-state index is -3.92. The molecule has 0 aliphatic rings. The lowest BCUT2D eigenvalue weighted by atomic mass is 10.2. The third kappa shape index (κ3) is 5.93. The second-order valence-corrected chi connectivity index (χ2v) is 5.10. The minimum Gasteiger partial charge on any atom is -0.274 e. The van der Waals surface area contributed by atoms with Gasteiger partial charge in [0, 0.05) is 5.92 Å². The van der Waals surface area contributed by atoms with Crippen LogP contribution in [0.1, 0.15) is 27.7 Å². The third-order valence-electron chi connectivity index (χ3n) is 1.31. The third-order valence-corrected chi connectivity index (χ3v) is 2.20. The van der Waals surface area contributed by atoms with Gasteiger partial charge in [-0.15, -0.1) is 0 Å². The average Bonchev–Trinajstić information content (AvgIpc) is 2.00. The number of hydrogen-bond donors (Lipinski definition) is 1. The highest BCUT2D eigenvalue weighted by molar-refractivity contribution is 7.85. The molecule has 6 heteroatoms. The van der Waals surface area contributed by atoms with Crippen LogP contribution in [0.4, 0.5) is 0 Å². The molecule has 0 unspecified atom stereocenters. The molecule has 14 heavy (non-hydrogen) atoms. The first-order valence-corrected chi connectivity index (χ1v) is 5.86. The summed E-state index contributed by atoms with van der Waals surface area (Å²) >= 11 is 0. The Morgan fingerprint density at radius 1 is 1.29 bits per heavy atom. The fraction of sp³-hybridized carbons (Fsp3) is 0.875. The first-order valence-electron chi connectivity index (χ1n) is 4.45. The number of carbonyl (C=O) groups is 1. The van der Waals surface area contributed by atoms with Gasteiger partial charge in [-0.3, -0.25) is 8.98 Å². The molecular weight excluding hydrogens is 206 g/mol. The van der Waals surface area contributed by atoms with Crippen molar-refractivity contribution in [1.29, 1.82) is 0 Å². The molecule has 1 N–H and O–H groups in total. The molecule has 84 valence electrons. The molecule has 0 saturated heterocycles. The molecule has 0 aromatic carbocycles. The highest BCUT2D eigenvalue weighted by atomic mass is 32.2. The van der Waals surface area contributed by atoms with Gasteiger partial charge in [0.1, 0.15) is 0 Å². The molecule has 0 aliphatic heterocycles. The number of nitrogens with one attached hydrogen (secondary N) is 1. The van der Waals surface area contributed by atoms with Gasteiger partial charge in [0.15, 0.2) is 0 Å². The van der Waals surface area contributed by atoms with Crippen molar-refractivity contribution in [2.45, 2.75) is 27.7 Å². The van der Waals surface area contributed by atoms with Crippen molar-refractivity contribution in [3.8, 4) is 0 Å². The van der Waals surface area contributed by atoms with E-state index in [0.29, 0.717) is 0 Å². The van der Waals surface area contributed by atoms with E-state index in [4.69, 9.17) is 0 Å². The summed E-state index contributed by atoms with van der Waals surface area (Å²) in [6.07, 6.45) is 0. The quantitative estimate of drug-likeness (QED) is 0.743. The summed E-state index contributed by atoms with van der Waals surface area (Å²) < 4.78 is 28.6. The smallest absolute Gasteiger partial charge is 0.274 e. The molecule has 0 rings (SSSR count). The zero-order valence-electron chi connectivity index (χ0n) is 8.90. The Morgan fingerprint density at radius 2 is 1.79 bits per heavy atom. The standard InChI is InChI=1S/C8H17NO4S/c1-6(2)5-13-14(11,12)9-8(10)7(3)4/h6-7H,5H2,1-4H3,(H,9,10). The minimum absolute atomic E-state index is 0.0701. The largest absolute Gasteiger partial charge is 0.362 e. The maximum absolute atomic E-state index is 11.1. The summed E-state index contributed by atoms with van der Waals surface area (Å²) in [5.74, 6) is -0.845. The molecule has 0 radical (unpaired) electrons. The SMILES string of the molecule is CC(C)COS(=O)(=O)NC(=O)C(C)C. The second kappa shape index (κ2) is 5.31. The van der Waals surface area contributed by atoms with Crippen LogP contribution in [0.25, 0.3) is 0 Å². The summed E-state index contributed by atoms with van der Waals surface area (Å²) in [5, 5.41) is 0. The van der Waals surface area contributed by atoms with Crippen LogP contribution in [-0.4, -0.2) is 20.9 Å². The monoisotopic (exact) mass is 223 g/mol. The van der Waals surface area contributed by atoms with Crippen molar-refractivity contribution in [1.82, 2.24) is 4.72 Å². The lowest BCUT2D eigenvalue weighted by Crippen LogP contribution is -2.35. The van der Waals surface area contributed by atoms with Crippen LogP contribution in [-0.2, 0) is 19.3 Å². The Balaban J connectivity index is 4.15. The van der Waals surface area contributed by atoms with Gasteiger partial charge in [0.25, 0.3) is 0 Å². The van der Waals surface area contributed by atoms with E-state index in [1.165, 1.54) is 0 Å². The Bertz CT molecular complexity index is 282. The Kier molecular flexibility index (Phi) is 5.07. The highest BCUT2D eigenvalue weighted by Gasteiger charge is 2.17. The molecule has 0 spiro atoms. The van der Waals surface area contributed by atoms with Gasteiger partial charge in [-0.2, -0.15) is 8.42 Å². The van der Waals surface area contributed by atoms with Crippen LogP contribution in [0.2, 0.25) is 0 Å². The molecule has 0 bridgehead atoms. The predicted molar refractivity (Wildman–Crippen MR) is 52.7 cm³/mol. The normalized spacial score (nSPS) is 12.1. The maximum atomic E-state index is 11.1.